The van der Waals surface area contributed by atoms with Crippen LogP contribution < -0.4 is 9.80 Å². The van der Waals surface area contributed by atoms with Crippen molar-refractivity contribution >= 4 is 34.3 Å². The molecular formula is C22H26N3OS2+. The van der Waals surface area contributed by atoms with E-state index in [1.165, 1.54) is 20.3 Å². The zero-order valence-corrected chi connectivity index (χ0v) is 17.6. The van der Waals surface area contributed by atoms with Gasteiger partial charge in [-0.15, -0.1) is 22.7 Å². The van der Waals surface area contributed by atoms with Gasteiger partial charge < -0.3 is 14.7 Å². The smallest absolute Gasteiger partial charge is 0.277 e. The van der Waals surface area contributed by atoms with E-state index in [1.807, 2.05) is 11.0 Å². The summed E-state index contributed by atoms with van der Waals surface area (Å²) in [5.41, 5.74) is 1.25. The molecule has 0 radical (unpaired) electrons. The molecule has 0 saturated carbocycles. The van der Waals surface area contributed by atoms with Crippen molar-refractivity contribution in [3.05, 3.63) is 75.1 Å². The third-order valence-corrected chi connectivity index (χ3v) is 6.92. The molecule has 0 bridgehead atoms. The molecule has 2 aromatic heterocycles. The number of nitrogens with zero attached hydrogens (tertiary/aromatic N) is 2. The number of hydrogen-bond acceptors (Lipinski definition) is 4. The van der Waals surface area contributed by atoms with E-state index in [0.29, 0.717) is 6.54 Å². The van der Waals surface area contributed by atoms with E-state index in [2.05, 4.69) is 64.2 Å². The monoisotopic (exact) mass is 412 g/mol. The topological polar surface area (TPSA) is 28.0 Å². The SMILES string of the molecule is O=C(C[NH+](Cc1cccs1)Cc1cccs1)N1CCN(c2ccccc2)CC1. The maximum absolute atomic E-state index is 13.0. The first-order valence-electron chi connectivity index (χ1n) is 9.74. The first-order chi connectivity index (χ1) is 13.8. The standard InChI is InChI=1S/C22H25N3OS2/c26-22(25-12-10-24(11-13-25)19-6-2-1-3-7-19)18-23(16-20-8-4-14-27-20)17-21-9-5-15-28-21/h1-9,14-15H,10-13,16-18H2/p+1. The Morgan fingerprint density at radius 2 is 1.43 bits per heavy atom. The molecule has 1 saturated heterocycles. The van der Waals surface area contributed by atoms with Gasteiger partial charge in [-0.2, -0.15) is 0 Å². The second-order valence-electron chi connectivity index (χ2n) is 7.14. The maximum Gasteiger partial charge on any atom is 0.277 e. The number of amides is 1. The van der Waals surface area contributed by atoms with Crippen LogP contribution in [-0.4, -0.2) is 43.5 Å². The van der Waals surface area contributed by atoms with E-state index in [0.717, 1.165) is 39.3 Å². The van der Waals surface area contributed by atoms with Crippen molar-refractivity contribution in [2.45, 2.75) is 13.1 Å². The fourth-order valence-electron chi connectivity index (χ4n) is 3.69. The van der Waals surface area contributed by atoms with Crippen LogP contribution >= 0.6 is 22.7 Å². The maximum atomic E-state index is 13.0. The quantitative estimate of drug-likeness (QED) is 0.646. The molecule has 3 aromatic rings. The van der Waals surface area contributed by atoms with Crippen LogP contribution in [-0.2, 0) is 17.9 Å². The third kappa shape index (κ3) is 5.01. The molecule has 0 spiro atoms. The number of carbonyl (C=O) groups excluding carboxylic acids is 1. The summed E-state index contributed by atoms with van der Waals surface area (Å²) in [5.74, 6) is 0.274. The Bertz CT molecular complexity index is 805. The Balaban J connectivity index is 1.34. The summed E-state index contributed by atoms with van der Waals surface area (Å²) in [7, 11) is 0. The van der Waals surface area contributed by atoms with Crippen molar-refractivity contribution < 1.29 is 9.69 Å². The van der Waals surface area contributed by atoms with Gasteiger partial charge >= 0.3 is 0 Å². The van der Waals surface area contributed by atoms with Gasteiger partial charge in [0.05, 0.1) is 9.75 Å². The molecule has 0 atom stereocenters. The first kappa shape index (κ1) is 19.2. The summed E-state index contributed by atoms with van der Waals surface area (Å²) in [6.07, 6.45) is 0. The number of carbonyl (C=O) groups is 1. The minimum absolute atomic E-state index is 0.274. The highest BCUT2D eigenvalue weighted by Crippen LogP contribution is 2.15. The number of benzene rings is 1. The molecule has 0 unspecified atom stereocenters. The Hall–Kier alpha value is -2.15. The van der Waals surface area contributed by atoms with Gasteiger partial charge in [0.15, 0.2) is 6.54 Å². The fraction of sp³-hybridized carbons (Fsp3) is 0.318. The van der Waals surface area contributed by atoms with Crippen molar-refractivity contribution in [2.24, 2.45) is 0 Å². The fourth-order valence-corrected chi connectivity index (χ4v) is 5.24. The largest absolute Gasteiger partial charge is 0.368 e. The molecule has 1 N–H and O–H groups in total. The summed E-state index contributed by atoms with van der Waals surface area (Å²) in [5, 5.41) is 4.23. The number of para-hydroxylation sites is 1. The van der Waals surface area contributed by atoms with Gasteiger partial charge in [-0.1, -0.05) is 30.3 Å². The molecule has 3 heterocycles. The molecule has 1 aliphatic rings. The van der Waals surface area contributed by atoms with Gasteiger partial charge in [-0.25, -0.2) is 0 Å². The van der Waals surface area contributed by atoms with Crippen LogP contribution in [0, 0.1) is 0 Å². The molecule has 1 aromatic carbocycles. The minimum atomic E-state index is 0.274. The van der Waals surface area contributed by atoms with E-state index in [1.54, 1.807) is 22.7 Å². The lowest BCUT2D eigenvalue weighted by Gasteiger charge is -2.36. The number of quaternary nitrogens is 1. The van der Waals surface area contributed by atoms with Crippen molar-refractivity contribution in [3.63, 3.8) is 0 Å². The zero-order valence-electron chi connectivity index (χ0n) is 15.9. The second kappa shape index (κ2) is 9.37. The van der Waals surface area contributed by atoms with Crippen LogP contribution in [0.5, 0.6) is 0 Å². The zero-order chi connectivity index (χ0) is 19.2. The number of hydrogen-bond donors (Lipinski definition) is 1. The Morgan fingerprint density at radius 3 is 1.96 bits per heavy atom. The lowest BCUT2D eigenvalue weighted by Crippen LogP contribution is -3.10. The van der Waals surface area contributed by atoms with Crippen molar-refractivity contribution in [2.75, 3.05) is 37.6 Å². The molecule has 6 heteroatoms. The number of rotatable bonds is 7. The van der Waals surface area contributed by atoms with Gasteiger partial charge in [0.1, 0.15) is 13.1 Å². The van der Waals surface area contributed by atoms with Gasteiger partial charge in [0, 0.05) is 31.9 Å². The highest BCUT2D eigenvalue weighted by atomic mass is 32.1. The number of thiophene rings is 2. The lowest BCUT2D eigenvalue weighted by molar-refractivity contribution is -0.919. The molecule has 4 rings (SSSR count). The number of anilines is 1. The summed E-state index contributed by atoms with van der Waals surface area (Å²) in [4.78, 5) is 21.4. The number of piperazine rings is 1. The third-order valence-electron chi connectivity index (χ3n) is 5.16. The minimum Gasteiger partial charge on any atom is -0.368 e. The first-order valence-corrected chi connectivity index (χ1v) is 11.5. The van der Waals surface area contributed by atoms with Crippen LogP contribution in [0.15, 0.2) is 65.4 Å². The van der Waals surface area contributed by atoms with E-state index >= 15 is 0 Å². The molecule has 146 valence electrons. The highest BCUT2D eigenvalue weighted by molar-refractivity contribution is 7.10. The summed E-state index contributed by atoms with van der Waals surface area (Å²) in [6.45, 7) is 5.79. The predicted octanol–water partition coefficient (Wildman–Crippen LogP) is 2.74. The normalized spacial score (nSPS) is 14.6. The highest BCUT2D eigenvalue weighted by Gasteiger charge is 2.25. The molecule has 1 aliphatic heterocycles. The van der Waals surface area contributed by atoms with Crippen LogP contribution in [0.25, 0.3) is 0 Å². The van der Waals surface area contributed by atoms with E-state index in [4.69, 9.17) is 0 Å². The second-order valence-corrected chi connectivity index (χ2v) is 9.21. The lowest BCUT2D eigenvalue weighted by atomic mass is 10.2. The predicted molar refractivity (Wildman–Crippen MR) is 117 cm³/mol. The van der Waals surface area contributed by atoms with Crippen molar-refractivity contribution in [3.8, 4) is 0 Å². The molecule has 1 fully saturated rings. The van der Waals surface area contributed by atoms with Gasteiger partial charge in [-0.05, 0) is 35.0 Å². The van der Waals surface area contributed by atoms with Crippen LogP contribution in [0.4, 0.5) is 5.69 Å². The summed E-state index contributed by atoms with van der Waals surface area (Å²) in [6, 6.07) is 19.0. The van der Waals surface area contributed by atoms with Crippen LogP contribution in [0.3, 0.4) is 0 Å². The Kier molecular flexibility index (Phi) is 6.41. The Morgan fingerprint density at radius 1 is 0.821 bits per heavy atom. The molecule has 28 heavy (non-hydrogen) atoms. The Labute approximate surface area is 174 Å². The summed E-state index contributed by atoms with van der Waals surface area (Å²) < 4.78 is 0. The molecule has 4 nitrogen and oxygen atoms in total. The van der Waals surface area contributed by atoms with Crippen molar-refractivity contribution in [1.29, 1.82) is 0 Å². The molecule has 0 aliphatic carbocycles. The average molecular weight is 413 g/mol. The average Bonchev–Trinajstić information content (AvgIpc) is 3.43. The van der Waals surface area contributed by atoms with Crippen molar-refractivity contribution in [1.82, 2.24) is 4.90 Å². The van der Waals surface area contributed by atoms with Crippen LogP contribution in [0.2, 0.25) is 0 Å². The molecule has 1 amide bonds. The van der Waals surface area contributed by atoms with Crippen LogP contribution in [0.1, 0.15) is 9.75 Å². The number of nitrogens with one attached hydrogen (secondary N) is 1. The van der Waals surface area contributed by atoms with Gasteiger partial charge in [0.2, 0.25) is 0 Å². The van der Waals surface area contributed by atoms with E-state index < -0.39 is 0 Å². The summed E-state index contributed by atoms with van der Waals surface area (Å²) >= 11 is 3.55. The van der Waals surface area contributed by atoms with Gasteiger partial charge in [0.25, 0.3) is 5.91 Å². The van der Waals surface area contributed by atoms with E-state index in [9.17, 15) is 4.79 Å². The van der Waals surface area contributed by atoms with Gasteiger partial charge in [-0.3, -0.25) is 4.79 Å². The molecular weight excluding hydrogens is 386 g/mol. The van der Waals surface area contributed by atoms with E-state index in [-0.39, 0.29) is 5.91 Å².